The van der Waals surface area contributed by atoms with Gasteiger partial charge in [0.1, 0.15) is 6.42 Å². The molecule has 4 nitrogen and oxygen atoms in total. The van der Waals surface area contributed by atoms with Gasteiger partial charge in [-0.1, -0.05) is 24.3 Å². The second-order valence-electron chi connectivity index (χ2n) is 4.22. The summed E-state index contributed by atoms with van der Waals surface area (Å²) in [6, 6.07) is 8.13. The fraction of sp³-hybridized carbons (Fsp3) is 0.385. The Morgan fingerprint density at radius 2 is 1.65 bits per heavy atom. The maximum absolute atomic E-state index is 11.7. The third-order valence-corrected chi connectivity index (χ3v) is 3.08. The fourth-order valence-electron chi connectivity index (χ4n) is 2.16. The van der Waals surface area contributed by atoms with Crippen LogP contribution in [0.5, 0.6) is 0 Å². The molecule has 2 rings (SSSR count). The van der Waals surface area contributed by atoms with Crippen molar-refractivity contribution < 1.29 is 14.7 Å². The van der Waals surface area contributed by atoms with Crippen molar-refractivity contribution in [2.75, 3.05) is 13.1 Å². The molecule has 90 valence electrons. The first-order chi connectivity index (χ1) is 8.16. The van der Waals surface area contributed by atoms with Gasteiger partial charge in [0.25, 0.3) is 0 Å². The van der Waals surface area contributed by atoms with E-state index in [4.69, 9.17) is 5.11 Å². The number of aliphatic carboxylic acids is 1. The first-order valence-corrected chi connectivity index (χ1v) is 5.73. The highest BCUT2D eigenvalue weighted by Gasteiger charge is 2.19. The molecule has 1 N–H and O–H groups in total. The number of hydrogen-bond acceptors (Lipinski definition) is 2. The summed E-state index contributed by atoms with van der Waals surface area (Å²) < 4.78 is 0. The number of hydrogen-bond donors (Lipinski definition) is 1. The average Bonchev–Trinajstić information content (AvgIpc) is 2.50. The topological polar surface area (TPSA) is 57.6 Å². The summed E-state index contributed by atoms with van der Waals surface area (Å²) in [5.41, 5.74) is 2.52. The summed E-state index contributed by atoms with van der Waals surface area (Å²) >= 11 is 0. The minimum Gasteiger partial charge on any atom is -0.481 e. The van der Waals surface area contributed by atoms with Crippen LogP contribution >= 0.6 is 0 Å². The minimum absolute atomic E-state index is 0.287. The van der Waals surface area contributed by atoms with Crippen LogP contribution in [0.15, 0.2) is 24.3 Å². The van der Waals surface area contributed by atoms with Crippen LogP contribution in [0.1, 0.15) is 17.5 Å². The molecule has 0 aliphatic carbocycles. The molecule has 0 saturated carbocycles. The molecule has 0 aromatic heterocycles. The van der Waals surface area contributed by atoms with Gasteiger partial charge >= 0.3 is 5.97 Å². The third kappa shape index (κ3) is 2.84. The zero-order chi connectivity index (χ0) is 12.3. The van der Waals surface area contributed by atoms with Crippen molar-refractivity contribution in [3.8, 4) is 0 Å². The number of nitrogens with zero attached hydrogens (tertiary/aromatic N) is 1. The Morgan fingerprint density at radius 1 is 1.12 bits per heavy atom. The van der Waals surface area contributed by atoms with Crippen molar-refractivity contribution in [1.29, 1.82) is 0 Å². The van der Waals surface area contributed by atoms with Gasteiger partial charge in [-0.3, -0.25) is 9.59 Å². The van der Waals surface area contributed by atoms with Gasteiger partial charge in [0.15, 0.2) is 0 Å². The molecule has 0 saturated heterocycles. The molecule has 0 fully saturated rings. The molecule has 1 aromatic carbocycles. The van der Waals surface area contributed by atoms with E-state index < -0.39 is 12.4 Å². The summed E-state index contributed by atoms with van der Waals surface area (Å²) in [5.74, 6) is -1.35. The van der Waals surface area contributed by atoms with Gasteiger partial charge in [-0.25, -0.2) is 0 Å². The summed E-state index contributed by atoms with van der Waals surface area (Å²) in [4.78, 5) is 23.8. The van der Waals surface area contributed by atoms with Gasteiger partial charge in [0.05, 0.1) is 0 Å². The molecule has 0 spiro atoms. The van der Waals surface area contributed by atoms with Crippen LogP contribution in [0, 0.1) is 0 Å². The SMILES string of the molecule is O=C(O)CC(=O)N1CCc2ccccc2CC1. The number of carbonyl (C=O) groups excluding carboxylic acids is 1. The van der Waals surface area contributed by atoms with Crippen LogP contribution in [0.3, 0.4) is 0 Å². The molecule has 0 bridgehead atoms. The normalized spacial score (nSPS) is 14.9. The molecule has 1 aliphatic heterocycles. The first-order valence-electron chi connectivity index (χ1n) is 5.73. The Kier molecular flexibility index (Phi) is 3.42. The lowest BCUT2D eigenvalue weighted by Gasteiger charge is -2.19. The van der Waals surface area contributed by atoms with E-state index in [1.807, 2.05) is 12.1 Å². The monoisotopic (exact) mass is 233 g/mol. The zero-order valence-electron chi connectivity index (χ0n) is 9.56. The van der Waals surface area contributed by atoms with Crippen molar-refractivity contribution in [3.63, 3.8) is 0 Å². The number of carbonyl (C=O) groups is 2. The molecule has 1 heterocycles. The second kappa shape index (κ2) is 4.99. The van der Waals surface area contributed by atoms with Gasteiger partial charge in [0, 0.05) is 13.1 Å². The highest BCUT2D eigenvalue weighted by atomic mass is 16.4. The zero-order valence-corrected chi connectivity index (χ0v) is 9.56. The lowest BCUT2D eigenvalue weighted by molar-refractivity contribution is -0.144. The molecule has 1 aromatic rings. The van der Waals surface area contributed by atoms with E-state index in [9.17, 15) is 9.59 Å². The van der Waals surface area contributed by atoms with Crippen LogP contribution in [0.25, 0.3) is 0 Å². The molecule has 17 heavy (non-hydrogen) atoms. The Balaban J connectivity index is 2.04. The Labute approximate surface area is 99.9 Å². The molecule has 0 unspecified atom stereocenters. The van der Waals surface area contributed by atoms with Gasteiger partial charge < -0.3 is 10.0 Å². The molecule has 1 amide bonds. The van der Waals surface area contributed by atoms with Gasteiger partial charge in [0.2, 0.25) is 5.91 Å². The van der Waals surface area contributed by atoms with E-state index >= 15 is 0 Å². The van der Waals surface area contributed by atoms with Crippen LogP contribution in [-0.4, -0.2) is 35.0 Å². The quantitative estimate of drug-likeness (QED) is 0.778. The van der Waals surface area contributed by atoms with E-state index in [0.29, 0.717) is 13.1 Å². The highest BCUT2D eigenvalue weighted by Crippen LogP contribution is 2.15. The summed E-state index contributed by atoms with van der Waals surface area (Å²) in [6.07, 6.45) is 1.21. The highest BCUT2D eigenvalue weighted by molar-refractivity contribution is 5.93. The van der Waals surface area contributed by atoms with Crippen LogP contribution in [0.4, 0.5) is 0 Å². The lowest BCUT2D eigenvalue weighted by atomic mass is 10.0. The summed E-state index contributed by atoms with van der Waals surface area (Å²) in [6.45, 7) is 1.23. The maximum Gasteiger partial charge on any atom is 0.312 e. The average molecular weight is 233 g/mol. The van der Waals surface area contributed by atoms with Gasteiger partial charge in [-0.05, 0) is 24.0 Å². The minimum atomic E-state index is -1.06. The maximum atomic E-state index is 11.7. The van der Waals surface area contributed by atoms with Crippen LogP contribution in [-0.2, 0) is 22.4 Å². The van der Waals surface area contributed by atoms with Crippen molar-refractivity contribution in [2.24, 2.45) is 0 Å². The number of rotatable bonds is 2. The number of amides is 1. The van der Waals surface area contributed by atoms with Crippen LogP contribution in [0.2, 0.25) is 0 Å². The van der Waals surface area contributed by atoms with Crippen LogP contribution < -0.4 is 0 Å². The number of fused-ring (bicyclic) bond motifs is 1. The first kappa shape index (κ1) is 11.6. The molecule has 0 atom stereocenters. The molecular formula is C13H15NO3. The van der Waals surface area contributed by atoms with E-state index in [-0.39, 0.29) is 5.91 Å². The molecule has 0 radical (unpaired) electrons. The standard InChI is InChI=1S/C13H15NO3/c15-12(9-13(16)17)14-7-5-10-3-1-2-4-11(10)6-8-14/h1-4H,5-9H2,(H,16,17). The predicted octanol–water partition coefficient (Wildman–Crippen LogP) is 1.09. The molecular weight excluding hydrogens is 218 g/mol. The fourth-order valence-corrected chi connectivity index (χ4v) is 2.16. The lowest BCUT2D eigenvalue weighted by Crippen LogP contribution is -2.34. The van der Waals surface area contributed by atoms with Gasteiger partial charge in [-0.15, -0.1) is 0 Å². The Hall–Kier alpha value is -1.84. The number of carboxylic acids is 1. The van der Waals surface area contributed by atoms with Crippen molar-refractivity contribution in [1.82, 2.24) is 4.90 Å². The van der Waals surface area contributed by atoms with Crippen molar-refractivity contribution in [2.45, 2.75) is 19.3 Å². The third-order valence-electron chi connectivity index (χ3n) is 3.08. The van der Waals surface area contributed by atoms with E-state index in [0.717, 1.165) is 12.8 Å². The van der Waals surface area contributed by atoms with Crippen molar-refractivity contribution in [3.05, 3.63) is 35.4 Å². The number of carboxylic acid groups (broad SMARTS) is 1. The Morgan fingerprint density at radius 3 is 2.12 bits per heavy atom. The Bertz CT molecular complexity index is 415. The molecule has 1 aliphatic rings. The van der Waals surface area contributed by atoms with E-state index in [1.54, 1.807) is 4.90 Å². The summed E-state index contributed by atoms with van der Waals surface area (Å²) in [7, 11) is 0. The largest absolute Gasteiger partial charge is 0.481 e. The second-order valence-corrected chi connectivity index (χ2v) is 4.22. The van der Waals surface area contributed by atoms with Gasteiger partial charge in [-0.2, -0.15) is 0 Å². The molecule has 4 heteroatoms. The summed E-state index contributed by atoms with van der Waals surface area (Å²) in [5, 5.41) is 8.61. The van der Waals surface area contributed by atoms with Crippen molar-refractivity contribution >= 4 is 11.9 Å². The van der Waals surface area contributed by atoms with E-state index in [1.165, 1.54) is 11.1 Å². The predicted molar refractivity (Wildman–Crippen MR) is 62.7 cm³/mol. The van der Waals surface area contributed by atoms with E-state index in [2.05, 4.69) is 12.1 Å². The number of benzene rings is 1. The smallest absolute Gasteiger partial charge is 0.312 e.